The number of aromatic nitrogens is 5. The van der Waals surface area contributed by atoms with Crippen LogP contribution in [0.25, 0.3) is 5.78 Å². The van der Waals surface area contributed by atoms with E-state index in [-0.39, 0.29) is 0 Å². The van der Waals surface area contributed by atoms with Gasteiger partial charge in [0, 0.05) is 43.7 Å². The summed E-state index contributed by atoms with van der Waals surface area (Å²) < 4.78 is 1.84. The van der Waals surface area contributed by atoms with Crippen LogP contribution in [0.2, 0.25) is 0 Å². The molecule has 0 saturated carbocycles. The van der Waals surface area contributed by atoms with E-state index in [0.717, 1.165) is 36.0 Å². The van der Waals surface area contributed by atoms with Crippen LogP contribution in [0, 0.1) is 6.92 Å². The molecule has 0 bridgehead atoms. The molecule has 0 fully saturated rings. The van der Waals surface area contributed by atoms with E-state index >= 15 is 0 Å². The van der Waals surface area contributed by atoms with E-state index in [0.29, 0.717) is 12.2 Å². The van der Waals surface area contributed by atoms with E-state index in [4.69, 9.17) is 0 Å². The van der Waals surface area contributed by atoms with Crippen molar-refractivity contribution in [1.29, 1.82) is 0 Å². The smallest absolute Gasteiger partial charge is 0.254 e. The highest BCUT2D eigenvalue weighted by Gasteiger charge is 2.13. The number of hydrogen-bond acceptors (Lipinski definition) is 5. The van der Waals surface area contributed by atoms with Crippen LogP contribution in [0.1, 0.15) is 30.9 Å². The summed E-state index contributed by atoms with van der Waals surface area (Å²) in [6.07, 6.45) is 4.27. The minimum atomic E-state index is 0.654. The van der Waals surface area contributed by atoms with Gasteiger partial charge in [0.25, 0.3) is 5.78 Å². The fourth-order valence-electron chi connectivity index (χ4n) is 2.54. The Kier molecular flexibility index (Phi) is 4.00. The lowest BCUT2D eigenvalue weighted by molar-refractivity contribution is 0.788. The summed E-state index contributed by atoms with van der Waals surface area (Å²) in [6, 6.07) is 6.01. The zero-order valence-electron chi connectivity index (χ0n) is 13.2. The minimum Gasteiger partial charge on any atom is -0.357 e. The average Bonchev–Trinajstić information content (AvgIpc) is 2.91. The predicted molar refractivity (Wildman–Crippen MR) is 86.1 cm³/mol. The highest BCUT2D eigenvalue weighted by Crippen LogP contribution is 2.17. The second kappa shape index (κ2) is 6.09. The van der Waals surface area contributed by atoms with Crippen molar-refractivity contribution < 1.29 is 0 Å². The third-order valence-electron chi connectivity index (χ3n) is 3.64. The van der Waals surface area contributed by atoms with Gasteiger partial charge in [-0.2, -0.15) is 9.50 Å². The summed E-state index contributed by atoms with van der Waals surface area (Å²) in [6.45, 7) is 8.11. The molecule has 3 aromatic heterocycles. The first-order valence-corrected chi connectivity index (χ1v) is 7.58. The van der Waals surface area contributed by atoms with E-state index < -0.39 is 0 Å². The Hall–Kier alpha value is -2.50. The maximum absolute atomic E-state index is 4.64. The predicted octanol–water partition coefficient (Wildman–Crippen LogP) is 2.26. The van der Waals surface area contributed by atoms with Crippen LogP contribution in [-0.2, 0) is 6.42 Å². The number of aryl methyl sites for hydroxylation is 1. The van der Waals surface area contributed by atoms with Gasteiger partial charge in [0.15, 0.2) is 5.82 Å². The van der Waals surface area contributed by atoms with Gasteiger partial charge in [0.05, 0.1) is 0 Å². The minimum absolute atomic E-state index is 0.654. The second-order valence-electron chi connectivity index (χ2n) is 5.21. The molecule has 0 aliphatic rings. The number of fused-ring (bicyclic) bond motifs is 1. The van der Waals surface area contributed by atoms with Crippen LogP contribution in [0.5, 0.6) is 0 Å². The molecular weight excluding hydrogens is 276 g/mol. The normalized spacial score (nSPS) is 11.0. The maximum Gasteiger partial charge on any atom is 0.254 e. The standard InChI is InChI=1S/C16H20N6/c1-4-21(5-2)15-9-12(3)18-16-19-14(20-22(15)16)10-13-7-6-8-17-11-13/h6-9,11H,4-5,10H2,1-3H3. The van der Waals surface area contributed by atoms with E-state index in [9.17, 15) is 0 Å². The first-order chi connectivity index (χ1) is 10.7. The van der Waals surface area contributed by atoms with Crippen molar-refractivity contribution in [3.05, 3.63) is 47.7 Å². The molecule has 0 radical (unpaired) electrons. The van der Waals surface area contributed by atoms with Gasteiger partial charge in [0.2, 0.25) is 0 Å². The lowest BCUT2D eigenvalue weighted by atomic mass is 10.2. The van der Waals surface area contributed by atoms with Crippen molar-refractivity contribution in [2.75, 3.05) is 18.0 Å². The highest BCUT2D eigenvalue weighted by molar-refractivity contribution is 5.47. The molecule has 0 spiro atoms. The van der Waals surface area contributed by atoms with Crippen LogP contribution >= 0.6 is 0 Å². The van der Waals surface area contributed by atoms with Crippen molar-refractivity contribution in [1.82, 2.24) is 24.6 Å². The molecule has 3 rings (SSSR count). The molecular formula is C16H20N6. The molecule has 114 valence electrons. The molecule has 0 amide bonds. The van der Waals surface area contributed by atoms with E-state index in [1.807, 2.05) is 29.8 Å². The molecule has 0 unspecified atom stereocenters. The first-order valence-electron chi connectivity index (χ1n) is 7.58. The average molecular weight is 296 g/mol. The van der Waals surface area contributed by atoms with E-state index in [2.05, 4.69) is 44.9 Å². The van der Waals surface area contributed by atoms with Gasteiger partial charge >= 0.3 is 0 Å². The Labute approximate surface area is 129 Å². The molecule has 0 saturated heterocycles. The highest BCUT2D eigenvalue weighted by atomic mass is 15.4. The molecule has 6 nitrogen and oxygen atoms in total. The van der Waals surface area contributed by atoms with Crippen molar-refractivity contribution in [3.8, 4) is 0 Å². The fraction of sp³-hybridized carbons (Fsp3) is 0.375. The fourth-order valence-corrected chi connectivity index (χ4v) is 2.54. The van der Waals surface area contributed by atoms with Crippen LogP contribution in [0.3, 0.4) is 0 Å². The second-order valence-corrected chi connectivity index (χ2v) is 5.21. The summed E-state index contributed by atoms with van der Waals surface area (Å²) in [5, 5.41) is 4.64. The van der Waals surface area contributed by atoms with Crippen molar-refractivity contribution in [2.24, 2.45) is 0 Å². The number of rotatable bonds is 5. The molecule has 0 aliphatic heterocycles. The SMILES string of the molecule is CCN(CC)c1cc(C)nc2nc(Cc3cccnc3)nn12. The lowest BCUT2D eigenvalue weighted by Crippen LogP contribution is -2.25. The Morgan fingerprint density at radius 2 is 2.00 bits per heavy atom. The van der Waals surface area contributed by atoms with Gasteiger partial charge in [-0.15, -0.1) is 5.10 Å². The van der Waals surface area contributed by atoms with Crippen molar-refractivity contribution in [2.45, 2.75) is 27.2 Å². The van der Waals surface area contributed by atoms with Gasteiger partial charge in [-0.1, -0.05) is 6.07 Å². The Balaban J connectivity index is 2.03. The first kappa shape index (κ1) is 14.4. The zero-order chi connectivity index (χ0) is 15.5. The van der Waals surface area contributed by atoms with Crippen molar-refractivity contribution in [3.63, 3.8) is 0 Å². The van der Waals surface area contributed by atoms with Crippen LogP contribution in [0.4, 0.5) is 5.82 Å². The maximum atomic E-state index is 4.64. The van der Waals surface area contributed by atoms with Crippen LogP contribution < -0.4 is 4.90 Å². The topological polar surface area (TPSA) is 59.2 Å². The molecule has 0 N–H and O–H groups in total. The molecule has 0 atom stereocenters. The monoisotopic (exact) mass is 296 g/mol. The third kappa shape index (κ3) is 2.77. The van der Waals surface area contributed by atoms with Gasteiger partial charge in [-0.25, -0.2) is 4.98 Å². The Morgan fingerprint density at radius 3 is 2.68 bits per heavy atom. The van der Waals surface area contributed by atoms with Gasteiger partial charge < -0.3 is 4.90 Å². The number of anilines is 1. The van der Waals surface area contributed by atoms with Crippen molar-refractivity contribution >= 4 is 11.6 Å². The lowest BCUT2D eigenvalue weighted by Gasteiger charge is -2.21. The summed E-state index contributed by atoms with van der Waals surface area (Å²) in [5.41, 5.74) is 2.05. The largest absolute Gasteiger partial charge is 0.357 e. The van der Waals surface area contributed by atoms with E-state index in [1.165, 1.54) is 0 Å². The van der Waals surface area contributed by atoms with Gasteiger partial charge in [-0.05, 0) is 32.4 Å². The van der Waals surface area contributed by atoms with Crippen LogP contribution in [-0.4, -0.2) is 37.7 Å². The summed E-state index contributed by atoms with van der Waals surface area (Å²) in [5.74, 6) is 2.46. The van der Waals surface area contributed by atoms with E-state index in [1.54, 1.807) is 6.20 Å². The van der Waals surface area contributed by atoms with Gasteiger partial charge in [-0.3, -0.25) is 4.98 Å². The molecule has 3 heterocycles. The number of nitrogens with zero attached hydrogens (tertiary/aromatic N) is 6. The summed E-state index contributed by atoms with van der Waals surface area (Å²) >= 11 is 0. The van der Waals surface area contributed by atoms with Crippen LogP contribution in [0.15, 0.2) is 30.6 Å². The third-order valence-corrected chi connectivity index (χ3v) is 3.64. The molecule has 6 heteroatoms. The zero-order valence-corrected chi connectivity index (χ0v) is 13.2. The quantitative estimate of drug-likeness (QED) is 0.723. The molecule has 3 aromatic rings. The summed E-state index contributed by atoms with van der Waals surface area (Å²) in [7, 11) is 0. The Morgan fingerprint density at radius 1 is 1.18 bits per heavy atom. The molecule has 0 aromatic carbocycles. The summed E-state index contributed by atoms with van der Waals surface area (Å²) in [4.78, 5) is 15.5. The van der Waals surface area contributed by atoms with Gasteiger partial charge in [0.1, 0.15) is 5.82 Å². The molecule has 22 heavy (non-hydrogen) atoms. The molecule has 0 aliphatic carbocycles. The number of hydrogen-bond donors (Lipinski definition) is 0. The Bertz CT molecular complexity index is 761. The number of pyridine rings is 1.